The lowest BCUT2D eigenvalue weighted by atomic mass is 10.1. The zero-order valence-corrected chi connectivity index (χ0v) is 12.2. The summed E-state index contributed by atoms with van der Waals surface area (Å²) in [4.78, 5) is 17.7. The number of rotatable bonds is 1. The van der Waals surface area contributed by atoms with Crippen LogP contribution in [0.2, 0.25) is 5.02 Å². The van der Waals surface area contributed by atoms with Crippen molar-refractivity contribution in [1.29, 1.82) is 0 Å². The second-order valence-corrected chi connectivity index (χ2v) is 5.48. The first-order valence-electron chi connectivity index (χ1n) is 6.42. The van der Waals surface area contributed by atoms with Gasteiger partial charge in [-0.1, -0.05) is 17.7 Å². The molecule has 22 heavy (non-hydrogen) atoms. The lowest BCUT2D eigenvalue weighted by Gasteiger charge is -2.17. The Morgan fingerprint density at radius 3 is 2.64 bits per heavy atom. The van der Waals surface area contributed by atoms with E-state index in [0.717, 1.165) is 12.1 Å². The molecule has 0 saturated carbocycles. The van der Waals surface area contributed by atoms with Crippen molar-refractivity contribution < 1.29 is 18.0 Å². The highest BCUT2D eigenvalue weighted by Crippen LogP contribution is 2.34. The summed E-state index contributed by atoms with van der Waals surface area (Å²) in [6, 6.07) is 6.68. The molecule has 1 aromatic heterocycles. The average molecular weight is 327 g/mol. The summed E-state index contributed by atoms with van der Waals surface area (Å²) in [6.07, 6.45) is -4.48. The second-order valence-electron chi connectivity index (χ2n) is 5.05. The van der Waals surface area contributed by atoms with Crippen LogP contribution in [0.15, 0.2) is 30.3 Å². The van der Waals surface area contributed by atoms with E-state index in [1.54, 1.807) is 12.1 Å². The number of halogens is 4. The first-order valence-corrected chi connectivity index (χ1v) is 6.79. The van der Waals surface area contributed by atoms with Crippen LogP contribution < -0.4 is 4.90 Å². The molecule has 1 aromatic carbocycles. The molecule has 0 unspecified atom stereocenters. The Bertz CT molecular complexity index is 774. The maximum Gasteiger partial charge on any atom is 0.416 e. The van der Waals surface area contributed by atoms with E-state index in [2.05, 4.69) is 4.98 Å². The molecule has 7 heteroatoms. The van der Waals surface area contributed by atoms with Gasteiger partial charge in [0.15, 0.2) is 0 Å². The molecule has 2 heterocycles. The zero-order chi connectivity index (χ0) is 16.1. The number of aromatic nitrogens is 1. The molecule has 1 amide bonds. The van der Waals surface area contributed by atoms with Crippen molar-refractivity contribution in [2.75, 3.05) is 4.90 Å². The van der Waals surface area contributed by atoms with Gasteiger partial charge in [-0.2, -0.15) is 13.2 Å². The van der Waals surface area contributed by atoms with Gasteiger partial charge >= 0.3 is 6.18 Å². The van der Waals surface area contributed by atoms with Gasteiger partial charge in [0.1, 0.15) is 5.82 Å². The van der Waals surface area contributed by atoms with E-state index in [1.165, 1.54) is 17.9 Å². The Morgan fingerprint density at radius 1 is 1.23 bits per heavy atom. The Morgan fingerprint density at radius 2 is 1.95 bits per heavy atom. The van der Waals surface area contributed by atoms with Crippen molar-refractivity contribution in [2.24, 2.45) is 0 Å². The van der Waals surface area contributed by atoms with E-state index in [4.69, 9.17) is 11.6 Å². The van der Waals surface area contributed by atoms with Crippen LogP contribution >= 0.6 is 11.6 Å². The van der Waals surface area contributed by atoms with Crippen LogP contribution in [-0.4, -0.2) is 10.9 Å². The molecule has 0 bridgehead atoms. The fourth-order valence-corrected chi connectivity index (χ4v) is 2.58. The van der Waals surface area contributed by atoms with Gasteiger partial charge in [0.2, 0.25) is 0 Å². The van der Waals surface area contributed by atoms with Crippen molar-refractivity contribution in [3.8, 4) is 0 Å². The third kappa shape index (κ3) is 2.54. The summed E-state index contributed by atoms with van der Waals surface area (Å²) in [7, 11) is 0. The lowest BCUT2D eigenvalue weighted by molar-refractivity contribution is -0.137. The van der Waals surface area contributed by atoms with Gasteiger partial charge in [-0.25, -0.2) is 4.98 Å². The van der Waals surface area contributed by atoms with Crippen LogP contribution in [0.1, 0.15) is 27.2 Å². The van der Waals surface area contributed by atoms with Gasteiger partial charge < -0.3 is 0 Å². The van der Waals surface area contributed by atoms with Gasteiger partial charge in [0.05, 0.1) is 12.1 Å². The SMILES string of the molecule is Cc1cc(C(F)(F)F)cc(N2Cc3ccc(Cl)cc3C2=O)n1. The smallest absolute Gasteiger partial charge is 0.288 e. The minimum absolute atomic E-state index is 0.00959. The maximum atomic E-state index is 12.9. The number of nitrogens with zero attached hydrogens (tertiary/aromatic N) is 2. The molecule has 0 spiro atoms. The quantitative estimate of drug-likeness (QED) is 0.786. The molecular formula is C15H10ClF3N2O. The molecule has 0 aliphatic carbocycles. The largest absolute Gasteiger partial charge is 0.416 e. The van der Waals surface area contributed by atoms with Crippen molar-refractivity contribution in [3.63, 3.8) is 0 Å². The summed E-state index contributed by atoms with van der Waals surface area (Å²) in [6.45, 7) is 1.64. The topological polar surface area (TPSA) is 33.2 Å². The van der Waals surface area contributed by atoms with Crippen LogP contribution in [0.25, 0.3) is 0 Å². The molecule has 3 nitrogen and oxygen atoms in total. The van der Waals surface area contributed by atoms with E-state index in [9.17, 15) is 18.0 Å². The summed E-state index contributed by atoms with van der Waals surface area (Å²) >= 11 is 5.86. The predicted octanol–water partition coefficient (Wildman–Crippen LogP) is 4.22. The second kappa shape index (κ2) is 4.98. The molecule has 0 radical (unpaired) electrons. The molecule has 0 atom stereocenters. The summed E-state index contributed by atoms with van der Waals surface area (Å²) in [5.41, 5.74) is 0.485. The Labute approximate surface area is 129 Å². The van der Waals surface area contributed by atoms with Gasteiger partial charge in [0.25, 0.3) is 5.91 Å². The molecule has 3 rings (SSSR count). The molecular weight excluding hydrogens is 317 g/mol. The molecule has 1 aliphatic heterocycles. The first kappa shape index (κ1) is 14.8. The van der Waals surface area contributed by atoms with Crippen LogP contribution in [0.3, 0.4) is 0 Å². The highest BCUT2D eigenvalue weighted by molar-refractivity contribution is 6.31. The first-order chi connectivity index (χ1) is 10.3. The number of pyridine rings is 1. The third-order valence-electron chi connectivity index (χ3n) is 3.42. The van der Waals surface area contributed by atoms with Crippen LogP contribution in [0.4, 0.5) is 19.0 Å². The summed E-state index contributed by atoms with van der Waals surface area (Å²) < 4.78 is 38.7. The average Bonchev–Trinajstić information content (AvgIpc) is 2.74. The van der Waals surface area contributed by atoms with Crippen LogP contribution in [0, 0.1) is 6.92 Å². The molecule has 0 saturated heterocycles. The Kier molecular flexibility index (Phi) is 3.36. The number of aryl methyl sites for hydroxylation is 1. The predicted molar refractivity (Wildman–Crippen MR) is 75.9 cm³/mol. The van der Waals surface area contributed by atoms with E-state index in [0.29, 0.717) is 16.1 Å². The normalized spacial score (nSPS) is 14.4. The van der Waals surface area contributed by atoms with Gasteiger partial charge in [0, 0.05) is 16.3 Å². The van der Waals surface area contributed by atoms with E-state index >= 15 is 0 Å². The number of alkyl halides is 3. The highest BCUT2D eigenvalue weighted by Gasteiger charge is 2.34. The third-order valence-corrected chi connectivity index (χ3v) is 3.65. The van der Waals surface area contributed by atoms with E-state index < -0.39 is 17.6 Å². The standard InChI is InChI=1S/C15H10ClF3N2O/c1-8-4-10(15(17,18)19)5-13(20-8)21-7-9-2-3-11(16)6-12(9)14(21)22/h2-6H,7H2,1H3. The fourth-order valence-electron chi connectivity index (χ4n) is 2.41. The molecule has 0 fully saturated rings. The minimum atomic E-state index is -4.48. The van der Waals surface area contributed by atoms with Crippen LogP contribution in [-0.2, 0) is 12.7 Å². The van der Waals surface area contributed by atoms with Gasteiger partial charge in [-0.3, -0.25) is 9.69 Å². The number of fused-ring (bicyclic) bond motifs is 1. The Balaban J connectivity index is 2.03. The Hall–Kier alpha value is -2.08. The monoisotopic (exact) mass is 326 g/mol. The number of amides is 1. The molecule has 114 valence electrons. The van der Waals surface area contributed by atoms with Crippen LogP contribution in [0.5, 0.6) is 0 Å². The zero-order valence-electron chi connectivity index (χ0n) is 11.4. The molecule has 1 aliphatic rings. The number of benzene rings is 1. The van der Waals surface area contributed by atoms with Gasteiger partial charge in [-0.05, 0) is 36.8 Å². The number of carbonyl (C=O) groups is 1. The lowest BCUT2D eigenvalue weighted by Crippen LogP contribution is -2.25. The molecule has 0 N–H and O–H groups in total. The number of carbonyl (C=O) groups excluding carboxylic acids is 1. The minimum Gasteiger partial charge on any atom is -0.288 e. The number of hydrogen-bond donors (Lipinski definition) is 0. The summed E-state index contributed by atoms with van der Waals surface area (Å²) in [5, 5.41) is 0.405. The highest BCUT2D eigenvalue weighted by atomic mass is 35.5. The number of anilines is 1. The van der Waals surface area contributed by atoms with E-state index in [1.807, 2.05) is 0 Å². The van der Waals surface area contributed by atoms with Gasteiger partial charge in [-0.15, -0.1) is 0 Å². The number of hydrogen-bond acceptors (Lipinski definition) is 2. The van der Waals surface area contributed by atoms with E-state index in [-0.39, 0.29) is 18.1 Å². The summed E-state index contributed by atoms with van der Waals surface area (Å²) in [5.74, 6) is -0.409. The van der Waals surface area contributed by atoms with Crippen molar-refractivity contribution >= 4 is 23.3 Å². The van der Waals surface area contributed by atoms with Crippen molar-refractivity contribution in [3.05, 3.63) is 57.7 Å². The molecule has 2 aromatic rings. The van der Waals surface area contributed by atoms with Crippen molar-refractivity contribution in [2.45, 2.75) is 19.6 Å². The maximum absolute atomic E-state index is 12.9. The van der Waals surface area contributed by atoms with Crippen molar-refractivity contribution in [1.82, 2.24) is 4.98 Å². The fraction of sp³-hybridized carbons (Fsp3) is 0.200.